The fourth-order valence-corrected chi connectivity index (χ4v) is 2.70. The van der Waals surface area contributed by atoms with Crippen LogP contribution >= 0.6 is 0 Å². The molecule has 3 rings (SSSR count). The van der Waals surface area contributed by atoms with Crippen molar-refractivity contribution in [2.24, 2.45) is 0 Å². The van der Waals surface area contributed by atoms with E-state index in [1.165, 1.54) is 18.9 Å². The zero-order valence-corrected chi connectivity index (χ0v) is 15.9. The first-order valence-electron chi connectivity index (χ1n) is 8.76. The minimum atomic E-state index is -0.422. The summed E-state index contributed by atoms with van der Waals surface area (Å²) in [6.45, 7) is 4.08. The first-order chi connectivity index (χ1) is 13.5. The molecular weight excluding hydrogens is 354 g/mol. The third kappa shape index (κ3) is 4.54. The highest BCUT2D eigenvalue weighted by Gasteiger charge is 2.09. The van der Waals surface area contributed by atoms with E-state index in [1.54, 1.807) is 36.4 Å². The Morgan fingerprint density at radius 1 is 0.929 bits per heavy atom. The van der Waals surface area contributed by atoms with Gasteiger partial charge in [-0.05, 0) is 61.9 Å². The van der Waals surface area contributed by atoms with E-state index in [0.717, 1.165) is 11.3 Å². The van der Waals surface area contributed by atoms with Gasteiger partial charge in [-0.2, -0.15) is 0 Å². The van der Waals surface area contributed by atoms with E-state index in [2.05, 4.69) is 26.4 Å². The summed E-state index contributed by atoms with van der Waals surface area (Å²) in [6.07, 6.45) is 1.52. The molecule has 0 aliphatic heterocycles. The van der Waals surface area contributed by atoms with Gasteiger partial charge in [0.25, 0.3) is 5.91 Å². The van der Waals surface area contributed by atoms with Crippen LogP contribution in [0.15, 0.2) is 60.8 Å². The Hall–Kier alpha value is -3.67. The lowest BCUT2D eigenvalue weighted by molar-refractivity contribution is 0.0600. The van der Waals surface area contributed by atoms with Gasteiger partial charge in [0.15, 0.2) is 0 Å². The minimum absolute atomic E-state index is 0.281. The summed E-state index contributed by atoms with van der Waals surface area (Å²) >= 11 is 0. The van der Waals surface area contributed by atoms with Gasteiger partial charge in [0.2, 0.25) is 0 Å². The first kappa shape index (κ1) is 19.1. The number of methoxy groups -OCH3 is 1. The normalized spacial score (nSPS) is 10.2. The summed E-state index contributed by atoms with van der Waals surface area (Å²) in [5.74, 6) is -0.0451. The van der Waals surface area contributed by atoms with E-state index in [0.29, 0.717) is 22.6 Å². The van der Waals surface area contributed by atoms with Crippen LogP contribution < -0.4 is 10.6 Å². The van der Waals surface area contributed by atoms with Crippen molar-refractivity contribution in [2.75, 3.05) is 17.7 Å². The molecule has 1 heterocycles. The van der Waals surface area contributed by atoms with Crippen molar-refractivity contribution < 1.29 is 14.3 Å². The van der Waals surface area contributed by atoms with Crippen LogP contribution in [0.25, 0.3) is 0 Å². The Balaban J connectivity index is 1.65. The van der Waals surface area contributed by atoms with Crippen LogP contribution in [-0.4, -0.2) is 24.0 Å². The number of hydrogen-bond donors (Lipinski definition) is 2. The smallest absolute Gasteiger partial charge is 0.337 e. The molecule has 142 valence electrons. The minimum Gasteiger partial charge on any atom is -0.465 e. The number of carbonyl (C=O) groups is 2. The van der Waals surface area contributed by atoms with Crippen LogP contribution in [-0.2, 0) is 4.74 Å². The number of benzene rings is 2. The number of ether oxygens (including phenoxy) is 1. The van der Waals surface area contributed by atoms with Gasteiger partial charge in [-0.3, -0.25) is 4.79 Å². The maximum Gasteiger partial charge on any atom is 0.337 e. The van der Waals surface area contributed by atoms with Crippen molar-refractivity contribution in [1.82, 2.24) is 4.98 Å². The molecule has 6 heteroatoms. The number of carbonyl (C=O) groups excluding carboxylic acids is 2. The number of anilines is 3. The number of nitrogens with one attached hydrogen (secondary N) is 2. The van der Waals surface area contributed by atoms with E-state index < -0.39 is 5.97 Å². The maximum atomic E-state index is 12.4. The molecule has 1 amide bonds. The molecule has 0 saturated carbocycles. The van der Waals surface area contributed by atoms with Crippen LogP contribution in [0.3, 0.4) is 0 Å². The summed E-state index contributed by atoms with van der Waals surface area (Å²) in [5.41, 5.74) is 4.73. The quantitative estimate of drug-likeness (QED) is 0.643. The number of pyridine rings is 1. The van der Waals surface area contributed by atoms with Crippen molar-refractivity contribution in [1.29, 1.82) is 0 Å². The van der Waals surface area contributed by atoms with Crippen LogP contribution in [0.5, 0.6) is 0 Å². The SMILES string of the molecule is COC(=O)c1ccc(NC(=O)c2ccc(Nc3ccc(C)cc3C)nc2)cc1. The zero-order valence-electron chi connectivity index (χ0n) is 15.9. The van der Waals surface area contributed by atoms with Gasteiger partial charge in [0.1, 0.15) is 5.82 Å². The third-order valence-corrected chi connectivity index (χ3v) is 4.23. The van der Waals surface area contributed by atoms with E-state index in [4.69, 9.17) is 0 Å². The molecule has 0 saturated heterocycles. The standard InChI is InChI=1S/C22H21N3O3/c1-14-4-10-19(15(2)12-14)25-20-11-7-17(13-23-20)21(26)24-18-8-5-16(6-9-18)22(27)28-3/h4-13H,1-3H3,(H,23,25)(H,24,26). The monoisotopic (exact) mass is 375 g/mol. The molecule has 0 bridgehead atoms. The fourth-order valence-electron chi connectivity index (χ4n) is 2.70. The molecule has 0 aliphatic rings. The second kappa shape index (κ2) is 8.35. The van der Waals surface area contributed by atoms with Gasteiger partial charge >= 0.3 is 5.97 Å². The molecule has 1 aromatic heterocycles. The summed E-state index contributed by atoms with van der Waals surface area (Å²) in [5, 5.41) is 6.03. The molecule has 6 nitrogen and oxygen atoms in total. The summed E-state index contributed by atoms with van der Waals surface area (Å²) < 4.78 is 4.65. The molecule has 0 fully saturated rings. The van der Waals surface area contributed by atoms with E-state index >= 15 is 0 Å². The predicted molar refractivity (Wildman–Crippen MR) is 109 cm³/mol. The van der Waals surface area contributed by atoms with Crippen molar-refractivity contribution in [3.63, 3.8) is 0 Å². The number of aryl methyl sites for hydroxylation is 2. The highest BCUT2D eigenvalue weighted by molar-refractivity contribution is 6.04. The number of aromatic nitrogens is 1. The van der Waals surface area contributed by atoms with Gasteiger partial charge in [0.05, 0.1) is 18.2 Å². The van der Waals surface area contributed by atoms with E-state index in [-0.39, 0.29) is 5.91 Å². The Kier molecular flexibility index (Phi) is 5.69. The van der Waals surface area contributed by atoms with Crippen molar-refractivity contribution >= 4 is 29.1 Å². The lowest BCUT2D eigenvalue weighted by Crippen LogP contribution is -2.12. The summed E-state index contributed by atoms with van der Waals surface area (Å²) in [7, 11) is 1.32. The molecule has 0 atom stereocenters. The summed E-state index contributed by atoms with van der Waals surface area (Å²) in [4.78, 5) is 28.1. The van der Waals surface area contributed by atoms with Crippen molar-refractivity contribution in [3.05, 3.63) is 83.0 Å². The largest absolute Gasteiger partial charge is 0.465 e. The Morgan fingerprint density at radius 3 is 2.25 bits per heavy atom. The van der Waals surface area contributed by atoms with Gasteiger partial charge in [-0.1, -0.05) is 17.7 Å². The molecular formula is C22H21N3O3. The average Bonchev–Trinajstić information content (AvgIpc) is 2.70. The van der Waals surface area contributed by atoms with Gasteiger partial charge in [-0.15, -0.1) is 0 Å². The molecule has 0 aliphatic carbocycles. The van der Waals surface area contributed by atoms with Crippen LogP contribution in [0.4, 0.5) is 17.2 Å². The Labute approximate surface area is 163 Å². The van der Waals surface area contributed by atoms with Crippen molar-refractivity contribution in [3.8, 4) is 0 Å². The average molecular weight is 375 g/mol. The highest BCUT2D eigenvalue weighted by Crippen LogP contribution is 2.20. The molecule has 2 aromatic carbocycles. The molecule has 2 N–H and O–H groups in total. The molecule has 0 radical (unpaired) electrons. The Morgan fingerprint density at radius 2 is 1.64 bits per heavy atom. The molecule has 3 aromatic rings. The highest BCUT2D eigenvalue weighted by atomic mass is 16.5. The van der Waals surface area contributed by atoms with Gasteiger partial charge in [-0.25, -0.2) is 9.78 Å². The fraction of sp³-hybridized carbons (Fsp3) is 0.136. The number of rotatable bonds is 5. The molecule has 0 unspecified atom stereocenters. The predicted octanol–water partition coefficient (Wildman–Crippen LogP) is 4.48. The van der Waals surface area contributed by atoms with Crippen molar-refractivity contribution in [2.45, 2.75) is 13.8 Å². The lowest BCUT2D eigenvalue weighted by atomic mass is 10.1. The second-order valence-electron chi connectivity index (χ2n) is 6.40. The number of amides is 1. The van der Waals surface area contributed by atoms with E-state index in [9.17, 15) is 9.59 Å². The first-order valence-corrected chi connectivity index (χ1v) is 8.76. The maximum absolute atomic E-state index is 12.4. The van der Waals surface area contributed by atoms with Crippen LogP contribution in [0.2, 0.25) is 0 Å². The summed E-state index contributed by atoms with van der Waals surface area (Å²) in [6, 6.07) is 16.1. The number of nitrogens with zero attached hydrogens (tertiary/aromatic N) is 1. The third-order valence-electron chi connectivity index (χ3n) is 4.23. The zero-order chi connectivity index (χ0) is 20.1. The van der Waals surface area contributed by atoms with Gasteiger partial charge < -0.3 is 15.4 Å². The van der Waals surface area contributed by atoms with Crippen LogP contribution in [0, 0.1) is 13.8 Å². The van der Waals surface area contributed by atoms with E-state index in [1.807, 2.05) is 26.0 Å². The van der Waals surface area contributed by atoms with Crippen LogP contribution in [0.1, 0.15) is 31.8 Å². The molecule has 28 heavy (non-hydrogen) atoms. The topological polar surface area (TPSA) is 80.3 Å². The Bertz CT molecular complexity index is 997. The number of esters is 1. The number of hydrogen-bond acceptors (Lipinski definition) is 5. The lowest BCUT2D eigenvalue weighted by Gasteiger charge is -2.10. The molecule has 0 spiro atoms. The second-order valence-corrected chi connectivity index (χ2v) is 6.40. The van der Waals surface area contributed by atoms with Gasteiger partial charge in [0, 0.05) is 17.6 Å².